The van der Waals surface area contributed by atoms with Gasteiger partial charge in [-0.1, -0.05) is 18.3 Å². The molecule has 2 N–H and O–H groups in total. The summed E-state index contributed by atoms with van der Waals surface area (Å²) in [4.78, 5) is 6.65. The number of anilines is 1. The maximum absolute atomic E-state index is 13.4. The molecule has 5 rings (SSSR count). The van der Waals surface area contributed by atoms with Crippen LogP contribution in [0.25, 0.3) is 16.3 Å². The summed E-state index contributed by atoms with van der Waals surface area (Å²) in [6, 6.07) is 2.08. The molecule has 0 bridgehead atoms. The highest BCUT2D eigenvalue weighted by Crippen LogP contribution is 2.43. The summed E-state index contributed by atoms with van der Waals surface area (Å²) in [5.41, 5.74) is 0.916. The van der Waals surface area contributed by atoms with Gasteiger partial charge in [0.05, 0.1) is 17.4 Å². The van der Waals surface area contributed by atoms with E-state index in [0.29, 0.717) is 18.6 Å². The molecule has 2 unspecified atom stereocenters. The molecule has 9 nitrogen and oxygen atoms in total. The first kappa shape index (κ1) is 23.5. The van der Waals surface area contributed by atoms with Gasteiger partial charge in [-0.15, -0.1) is 10.2 Å². The molecule has 2 fully saturated rings. The van der Waals surface area contributed by atoms with Crippen LogP contribution in [0.3, 0.4) is 0 Å². The van der Waals surface area contributed by atoms with Gasteiger partial charge in [0.25, 0.3) is 6.43 Å². The molecule has 4 heterocycles. The lowest BCUT2D eigenvalue weighted by molar-refractivity contribution is 0.150. The van der Waals surface area contributed by atoms with Crippen LogP contribution in [0, 0.1) is 5.92 Å². The fourth-order valence-corrected chi connectivity index (χ4v) is 6.85. The van der Waals surface area contributed by atoms with Crippen molar-refractivity contribution in [1.29, 1.82) is 0 Å². The molecular weight excluding hydrogens is 484 g/mol. The molecule has 0 radical (unpaired) electrons. The summed E-state index contributed by atoms with van der Waals surface area (Å²) in [5, 5.41) is 10.7. The van der Waals surface area contributed by atoms with E-state index in [9.17, 15) is 17.2 Å². The van der Waals surface area contributed by atoms with Crippen LogP contribution in [0.1, 0.15) is 45.5 Å². The van der Waals surface area contributed by atoms with Crippen molar-refractivity contribution in [2.45, 2.75) is 63.1 Å². The first-order valence-electron chi connectivity index (χ1n) is 11.1. The molecule has 3 aromatic heterocycles. The highest BCUT2D eigenvalue weighted by atomic mass is 32.2. The Bertz CT molecular complexity index is 1330. The third kappa shape index (κ3) is 4.18. The monoisotopic (exact) mass is 511 g/mol. The second-order valence-electron chi connectivity index (χ2n) is 9.65. The van der Waals surface area contributed by atoms with Gasteiger partial charge in [0.2, 0.25) is 10.0 Å². The Morgan fingerprint density at radius 3 is 2.50 bits per heavy atom. The highest BCUT2D eigenvalue weighted by molar-refractivity contribution is 7.89. The van der Waals surface area contributed by atoms with Gasteiger partial charge in [0.1, 0.15) is 4.90 Å². The molecule has 184 valence electrons. The van der Waals surface area contributed by atoms with Gasteiger partial charge in [-0.25, -0.2) is 26.9 Å². The van der Waals surface area contributed by atoms with Gasteiger partial charge in [0, 0.05) is 36.9 Å². The van der Waals surface area contributed by atoms with Crippen molar-refractivity contribution in [3.8, 4) is 10.8 Å². The van der Waals surface area contributed by atoms with Crippen molar-refractivity contribution in [3.63, 3.8) is 0 Å². The standard InChI is InChI=1S/C21H27F2N7O2S2/c1-11-6-21(11,4)28-34(31,32)14-5-15(29-8-12(2)25-13(3)9-29)16-7-24-18(30(16)10-14)20-27-26-19(33-20)17(22)23/h5,7,10-13,17,25,28H,6,8-9H2,1-4H3/t11?,12-,13-,21?/m0/s1. The molecule has 2 aliphatic rings. The van der Waals surface area contributed by atoms with Crippen molar-refractivity contribution in [2.75, 3.05) is 18.0 Å². The number of piperazine rings is 1. The van der Waals surface area contributed by atoms with Crippen LogP contribution in [-0.4, -0.2) is 58.7 Å². The zero-order valence-electron chi connectivity index (χ0n) is 19.3. The van der Waals surface area contributed by atoms with Crippen LogP contribution in [0.5, 0.6) is 0 Å². The predicted molar refractivity (Wildman–Crippen MR) is 126 cm³/mol. The van der Waals surface area contributed by atoms with Gasteiger partial charge < -0.3 is 10.2 Å². The van der Waals surface area contributed by atoms with Gasteiger partial charge in [-0.3, -0.25) is 4.40 Å². The largest absolute Gasteiger partial charge is 0.367 e. The lowest BCUT2D eigenvalue weighted by Gasteiger charge is -2.38. The van der Waals surface area contributed by atoms with Crippen molar-refractivity contribution in [3.05, 3.63) is 23.5 Å². The fourth-order valence-electron chi connectivity index (χ4n) is 4.63. The first-order valence-corrected chi connectivity index (χ1v) is 13.4. The lowest BCUT2D eigenvalue weighted by atomic mass is 10.1. The number of pyridine rings is 1. The maximum atomic E-state index is 13.4. The van der Waals surface area contributed by atoms with Crippen LogP contribution in [0.2, 0.25) is 0 Å². The number of nitrogens with one attached hydrogen (secondary N) is 2. The van der Waals surface area contributed by atoms with E-state index in [4.69, 9.17) is 0 Å². The third-order valence-corrected chi connectivity index (χ3v) is 9.15. The molecule has 1 aliphatic heterocycles. The Morgan fingerprint density at radius 1 is 1.24 bits per heavy atom. The zero-order valence-corrected chi connectivity index (χ0v) is 20.9. The van der Waals surface area contributed by atoms with Crippen molar-refractivity contribution in [1.82, 2.24) is 29.6 Å². The topological polar surface area (TPSA) is 105 Å². The second kappa shape index (κ2) is 8.18. The second-order valence-corrected chi connectivity index (χ2v) is 12.3. The molecule has 0 aromatic carbocycles. The summed E-state index contributed by atoms with van der Waals surface area (Å²) in [6.45, 7) is 9.41. The van der Waals surface area contributed by atoms with E-state index in [1.165, 1.54) is 6.20 Å². The average Bonchev–Trinajstić information content (AvgIpc) is 3.15. The Balaban J connectivity index is 1.66. The number of sulfonamides is 1. The number of hydrogen-bond acceptors (Lipinski definition) is 8. The minimum Gasteiger partial charge on any atom is -0.367 e. The highest BCUT2D eigenvalue weighted by Gasteiger charge is 2.49. The molecular formula is C21H27F2N7O2S2. The van der Waals surface area contributed by atoms with E-state index in [-0.39, 0.29) is 33.7 Å². The number of imidazole rings is 1. The minimum absolute atomic E-state index is 0.0898. The summed E-state index contributed by atoms with van der Waals surface area (Å²) in [6.07, 6.45) is 1.14. The number of nitrogens with zero attached hydrogens (tertiary/aromatic N) is 5. The Morgan fingerprint density at radius 2 is 1.91 bits per heavy atom. The van der Waals surface area contributed by atoms with Crippen molar-refractivity contribution < 1.29 is 17.2 Å². The normalized spacial score (nSPS) is 27.6. The van der Waals surface area contributed by atoms with Crippen LogP contribution in [0.4, 0.5) is 14.5 Å². The molecule has 4 atom stereocenters. The number of hydrogen-bond donors (Lipinski definition) is 2. The van der Waals surface area contributed by atoms with E-state index in [0.717, 1.165) is 23.4 Å². The quantitative estimate of drug-likeness (QED) is 0.524. The lowest BCUT2D eigenvalue weighted by Crippen LogP contribution is -2.54. The molecule has 1 saturated carbocycles. The maximum Gasteiger partial charge on any atom is 0.291 e. The summed E-state index contributed by atoms with van der Waals surface area (Å²) in [5.74, 6) is 0.526. The molecule has 0 amide bonds. The number of fused-ring (bicyclic) bond motifs is 1. The minimum atomic E-state index is -3.85. The van der Waals surface area contributed by atoms with Crippen LogP contribution in [0.15, 0.2) is 23.4 Å². The Hall–Kier alpha value is -2.22. The summed E-state index contributed by atoms with van der Waals surface area (Å²) < 4.78 is 57.5. The Kier molecular flexibility index (Phi) is 5.66. The molecule has 0 spiro atoms. The smallest absolute Gasteiger partial charge is 0.291 e. The van der Waals surface area contributed by atoms with E-state index in [1.54, 1.807) is 16.7 Å². The summed E-state index contributed by atoms with van der Waals surface area (Å²) >= 11 is 0.745. The van der Waals surface area contributed by atoms with Crippen LogP contribution in [-0.2, 0) is 10.0 Å². The molecule has 1 aliphatic carbocycles. The van der Waals surface area contributed by atoms with Crippen LogP contribution >= 0.6 is 11.3 Å². The van der Waals surface area contributed by atoms with E-state index in [2.05, 4.69) is 44.0 Å². The number of aromatic nitrogens is 4. The van der Waals surface area contributed by atoms with E-state index >= 15 is 0 Å². The molecule has 34 heavy (non-hydrogen) atoms. The van der Waals surface area contributed by atoms with E-state index in [1.807, 2.05) is 13.8 Å². The molecule has 13 heteroatoms. The Labute approximate surface area is 200 Å². The fraction of sp³-hybridized carbons (Fsp3) is 0.571. The van der Waals surface area contributed by atoms with Crippen molar-refractivity contribution in [2.24, 2.45) is 5.92 Å². The van der Waals surface area contributed by atoms with Crippen molar-refractivity contribution >= 4 is 32.6 Å². The number of rotatable bonds is 6. The third-order valence-electron chi connectivity index (χ3n) is 6.65. The van der Waals surface area contributed by atoms with Gasteiger partial charge in [-0.05, 0) is 39.2 Å². The van der Waals surface area contributed by atoms with E-state index < -0.39 is 27.0 Å². The van der Waals surface area contributed by atoms with Gasteiger partial charge >= 0.3 is 0 Å². The number of halogens is 2. The molecule has 1 saturated heterocycles. The van der Waals surface area contributed by atoms with Gasteiger partial charge in [-0.2, -0.15) is 0 Å². The number of alkyl halides is 2. The zero-order chi connectivity index (χ0) is 24.4. The average molecular weight is 512 g/mol. The summed E-state index contributed by atoms with van der Waals surface area (Å²) in [7, 11) is -3.85. The van der Waals surface area contributed by atoms with Gasteiger partial charge in [0.15, 0.2) is 15.8 Å². The first-order chi connectivity index (χ1) is 16.0. The predicted octanol–water partition coefficient (Wildman–Crippen LogP) is 3.05. The SMILES string of the molecule is CC1CC1(C)NS(=O)(=O)c1cc(N2C[C@H](C)N[C@@H](C)C2)c2cnc(-c3nnc(C(F)F)s3)n2c1. The molecule has 3 aromatic rings. The van der Waals surface area contributed by atoms with Crippen LogP contribution < -0.4 is 14.9 Å².